The number of carbonyl (C=O) groups excluding carboxylic acids is 2. The van der Waals surface area contributed by atoms with Gasteiger partial charge in [-0.2, -0.15) is 0 Å². The third-order valence-electron chi connectivity index (χ3n) is 4.45. The average molecular weight is 424 g/mol. The van der Waals surface area contributed by atoms with Gasteiger partial charge in [0.15, 0.2) is 0 Å². The Kier molecular flexibility index (Phi) is 6.86. The molecule has 9 heteroatoms. The van der Waals surface area contributed by atoms with Gasteiger partial charge in [-0.1, -0.05) is 12.1 Å². The van der Waals surface area contributed by atoms with Crippen LogP contribution < -0.4 is 21.9 Å². The molecule has 2 aromatic carbocycles. The first-order valence-corrected chi connectivity index (χ1v) is 9.91. The zero-order valence-electron chi connectivity index (χ0n) is 17.3. The summed E-state index contributed by atoms with van der Waals surface area (Å²) in [5.41, 5.74) is 0.481. The maximum absolute atomic E-state index is 12.5. The molecule has 2 amide bonds. The number of nitrogens with one attached hydrogen (secondary N) is 3. The molecule has 0 spiro atoms. The first-order valence-electron chi connectivity index (χ1n) is 9.91. The lowest BCUT2D eigenvalue weighted by atomic mass is 10.2. The van der Waals surface area contributed by atoms with E-state index in [0.29, 0.717) is 28.6 Å². The van der Waals surface area contributed by atoms with Crippen molar-refractivity contribution >= 4 is 28.6 Å². The van der Waals surface area contributed by atoms with E-state index in [2.05, 4.69) is 15.6 Å². The fourth-order valence-electron chi connectivity index (χ4n) is 2.99. The molecule has 0 atom stereocenters. The number of fused-ring (bicyclic) bond motifs is 1. The quantitative estimate of drug-likeness (QED) is 0.397. The lowest BCUT2D eigenvalue weighted by Crippen LogP contribution is -2.35. The van der Waals surface area contributed by atoms with E-state index in [4.69, 9.17) is 4.74 Å². The normalized spacial score (nSPS) is 10.8. The molecule has 0 aliphatic carbocycles. The number of anilines is 1. The van der Waals surface area contributed by atoms with Crippen molar-refractivity contribution in [3.8, 4) is 0 Å². The predicted octanol–water partition coefficient (Wildman–Crippen LogP) is 2.47. The summed E-state index contributed by atoms with van der Waals surface area (Å²) in [6.07, 6.45) is 0.308. The van der Waals surface area contributed by atoms with Crippen LogP contribution in [0.3, 0.4) is 0 Å². The van der Waals surface area contributed by atoms with Gasteiger partial charge in [0.2, 0.25) is 0 Å². The lowest BCUT2D eigenvalue weighted by molar-refractivity contribution is 0.0495. The van der Waals surface area contributed by atoms with Crippen LogP contribution in [0.1, 0.15) is 30.6 Å². The third kappa shape index (κ3) is 5.59. The Bertz CT molecular complexity index is 1190. The average Bonchev–Trinajstić information content (AvgIpc) is 2.72. The van der Waals surface area contributed by atoms with Crippen LogP contribution in [0.4, 0.5) is 10.5 Å². The SMILES string of the molecule is CC(C)NC(=O)Nc1ccc(C(=O)OCCCn2c(=O)[nH]c3ccccc3c2=O)cc1. The first kappa shape index (κ1) is 21.8. The molecule has 0 saturated carbocycles. The zero-order valence-corrected chi connectivity index (χ0v) is 17.3. The Morgan fingerprint density at radius 1 is 1.06 bits per heavy atom. The summed E-state index contributed by atoms with van der Waals surface area (Å²) in [5.74, 6) is -0.530. The monoisotopic (exact) mass is 424 g/mol. The number of urea groups is 1. The predicted molar refractivity (Wildman–Crippen MR) is 117 cm³/mol. The number of hydrogen-bond acceptors (Lipinski definition) is 5. The van der Waals surface area contributed by atoms with E-state index < -0.39 is 11.7 Å². The minimum absolute atomic E-state index is 0.00954. The van der Waals surface area contributed by atoms with Gasteiger partial charge in [0, 0.05) is 18.3 Å². The maximum atomic E-state index is 12.5. The molecule has 0 fully saturated rings. The van der Waals surface area contributed by atoms with Crippen LogP contribution in [0.15, 0.2) is 58.1 Å². The topological polar surface area (TPSA) is 122 Å². The highest BCUT2D eigenvalue weighted by Gasteiger charge is 2.10. The minimum atomic E-state index is -0.530. The molecule has 0 unspecified atom stereocenters. The van der Waals surface area contributed by atoms with E-state index in [1.165, 1.54) is 0 Å². The molecule has 31 heavy (non-hydrogen) atoms. The Morgan fingerprint density at radius 2 is 1.77 bits per heavy atom. The van der Waals surface area contributed by atoms with Crippen LogP contribution in [0, 0.1) is 0 Å². The molecular weight excluding hydrogens is 400 g/mol. The highest BCUT2D eigenvalue weighted by molar-refractivity contribution is 5.92. The van der Waals surface area contributed by atoms with Crippen LogP contribution in [0.5, 0.6) is 0 Å². The number of ether oxygens (including phenoxy) is 1. The van der Waals surface area contributed by atoms with Crippen molar-refractivity contribution in [2.75, 3.05) is 11.9 Å². The molecule has 1 heterocycles. The minimum Gasteiger partial charge on any atom is -0.462 e. The number of para-hydroxylation sites is 1. The summed E-state index contributed by atoms with van der Waals surface area (Å²) in [6.45, 7) is 3.88. The number of hydrogen-bond donors (Lipinski definition) is 3. The number of benzene rings is 2. The van der Waals surface area contributed by atoms with Gasteiger partial charge in [-0.15, -0.1) is 0 Å². The zero-order chi connectivity index (χ0) is 22.4. The molecule has 0 aliphatic rings. The van der Waals surface area contributed by atoms with E-state index in [9.17, 15) is 19.2 Å². The summed E-state index contributed by atoms with van der Waals surface area (Å²) in [4.78, 5) is 51.1. The van der Waals surface area contributed by atoms with Crippen molar-refractivity contribution in [3.63, 3.8) is 0 Å². The molecule has 0 saturated heterocycles. The van der Waals surface area contributed by atoms with Crippen molar-refractivity contribution in [1.29, 1.82) is 0 Å². The van der Waals surface area contributed by atoms with Crippen LogP contribution >= 0.6 is 0 Å². The summed E-state index contributed by atoms with van der Waals surface area (Å²) >= 11 is 0. The van der Waals surface area contributed by atoms with Crippen molar-refractivity contribution in [1.82, 2.24) is 14.9 Å². The Morgan fingerprint density at radius 3 is 2.48 bits per heavy atom. The van der Waals surface area contributed by atoms with Gasteiger partial charge >= 0.3 is 17.7 Å². The standard InChI is InChI=1S/C22H24N4O5/c1-14(2)23-21(29)24-16-10-8-15(9-11-16)20(28)31-13-5-12-26-19(27)17-6-3-4-7-18(17)25-22(26)30/h3-4,6-11,14H,5,12-13H2,1-2H3,(H,25,30)(H2,23,24,29). The molecule has 0 bridgehead atoms. The van der Waals surface area contributed by atoms with Crippen LogP contribution in [0.25, 0.3) is 10.9 Å². The Labute approximate surface area is 178 Å². The maximum Gasteiger partial charge on any atom is 0.338 e. The summed E-state index contributed by atoms with van der Waals surface area (Å²) < 4.78 is 6.32. The largest absolute Gasteiger partial charge is 0.462 e. The third-order valence-corrected chi connectivity index (χ3v) is 4.45. The number of aromatic amines is 1. The second-order valence-corrected chi connectivity index (χ2v) is 7.25. The van der Waals surface area contributed by atoms with E-state index >= 15 is 0 Å². The number of rotatable bonds is 7. The van der Waals surface area contributed by atoms with Gasteiger partial charge in [-0.3, -0.25) is 9.36 Å². The highest BCUT2D eigenvalue weighted by atomic mass is 16.5. The van der Waals surface area contributed by atoms with Gasteiger partial charge in [0.1, 0.15) is 0 Å². The van der Waals surface area contributed by atoms with Crippen molar-refractivity contribution in [2.45, 2.75) is 32.9 Å². The number of aromatic nitrogens is 2. The Hall–Kier alpha value is -3.88. The number of nitrogens with zero attached hydrogens (tertiary/aromatic N) is 1. The summed E-state index contributed by atoms with van der Waals surface area (Å²) in [5, 5.41) is 5.80. The van der Waals surface area contributed by atoms with Crippen LogP contribution in [-0.2, 0) is 11.3 Å². The van der Waals surface area contributed by atoms with Crippen molar-refractivity contribution < 1.29 is 14.3 Å². The molecule has 1 aromatic heterocycles. The molecule has 3 aromatic rings. The summed E-state index contributed by atoms with van der Waals surface area (Å²) in [7, 11) is 0. The van der Waals surface area contributed by atoms with Crippen molar-refractivity contribution in [2.24, 2.45) is 0 Å². The molecule has 0 aliphatic heterocycles. The van der Waals surface area contributed by atoms with E-state index in [0.717, 1.165) is 4.57 Å². The van der Waals surface area contributed by atoms with Gasteiger partial charge in [0.05, 0.1) is 23.1 Å². The van der Waals surface area contributed by atoms with E-state index in [1.807, 2.05) is 13.8 Å². The van der Waals surface area contributed by atoms with Gasteiger partial charge in [0.25, 0.3) is 5.56 Å². The van der Waals surface area contributed by atoms with E-state index in [1.54, 1.807) is 48.5 Å². The summed E-state index contributed by atoms with van der Waals surface area (Å²) in [6, 6.07) is 12.8. The molecule has 9 nitrogen and oxygen atoms in total. The smallest absolute Gasteiger partial charge is 0.338 e. The molecular formula is C22H24N4O5. The molecule has 3 rings (SSSR count). The van der Waals surface area contributed by atoms with E-state index in [-0.39, 0.29) is 30.8 Å². The fourth-order valence-corrected chi connectivity index (χ4v) is 2.99. The van der Waals surface area contributed by atoms with Gasteiger partial charge < -0.3 is 20.4 Å². The second kappa shape index (κ2) is 9.75. The highest BCUT2D eigenvalue weighted by Crippen LogP contribution is 2.11. The van der Waals surface area contributed by atoms with Crippen LogP contribution in [-0.4, -0.2) is 34.2 Å². The molecule has 3 N–H and O–H groups in total. The molecule has 162 valence electrons. The second-order valence-electron chi connectivity index (χ2n) is 7.25. The van der Waals surface area contributed by atoms with Gasteiger partial charge in [-0.25, -0.2) is 14.4 Å². The number of carbonyl (C=O) groups is 2. The lowest BCUT2D eigenvalue weighted by Gasteiger charge is -2.10. The molecule has 0 radical (unpaired) electrons. The van der Waals surface area contributed by atoms with Crippen molar-refractivity contribution in [3.05, 3.63) is 74.9 Å². The van der Waals surface area contributed by atoms with Crippen LogP contribution in [0.2, 0.25) is 0 Å². The number of esters is 1. The van der Waals surface area contributed by atoms with Gasteiger partial charge in [-0.05, 0) is 56.7 Å². The first-order chi connectivity index (χ1) is 14.8. The Balaban J connectivity index is 1.53. The fraction of sp³-hybridized carbons (Fsp3) is 0.273. The number of H-pyrrole nitrogens is 1. The number of amides is 2.